The molecule has 0 bridgehead atoms. The van der Waals surface area contributed by atoms with Gasteiger partial charge in [0.15, 0.2) is 0 Å². The van der Waals surface area contributed by atoms with Crippen molar-refractivity contribution in [3.05, 3.63) is 112 Å². The van der Waals surface area contributed by atoms with E-state index in [1.807, 2.05) is 6.07 Å². The van der Waals surface area contributed by atoms with E-state index in [0.717, 1.165) is 0 Å². The number of nitrogens with zero attached hydrogens (tertiary/aromatic N) is 3. The molecule has 0 amide bonds. The van der Waals surface area contributed by atoms with Gasteiger partial charge in [-0.15, -0.1) is 0 Å². The fourth-order valence-electron chi connectivity index (χ4n) is 2.97. The molecule has 0 atom stereocenters. The Morgan fingerprint density at radius 2 is 1.79 bits per heavy atom. The molecule has 0 unspecified atom stereocenters. The van der Waals surface area contributed by atoms with Gasteiger partial charge < -0.3 is 10.1 Å². The molecule has 7 heteroatoms. The van der Waals surface area contributed by atoms with E-state index in [1.165, 1.54) is 18.5 Å². The van der Waals surface area contributed by atoms with Gasteiger partial charge in [-0.1, -0.05) is 47.7 Å². The number of ether oxygens (including phenoxy) is 1. The Balaban J connectivity index is 1.50. The van der Waals surface area contributed by atoms with E-state index in [-0.39, 0.29) is 12.4 Å². The van der Waals surface area contributed by atoms with Crippen LogP contribution < -0.4 is 10.1 Å². The molecule has 0 saturated heterocycles. The lowest BCUT2D eigenvalue weighted by Crippen LogP contribution is -1.99. The third-order valence-electron chi connectivity index (χ3n) is 4.57. The fourth-order valence-corrected chi connectivity index (χ4v) is 3.20. The number of hydrogen-bond donors (Lipinski definition) is 1. The predicted molar refractivity (Wildman–Crippen MR) is 125 cm³/mol. The zero-order valence-electron chi connectivity index (χ0n) is 17.2. The highest BCUT2D eigenvalue weighted by Crippen LogP contribution is 2.30. The predicted octanol–water partition coefficient (Wildman–Crippen LogP) is 5.86. The maximum Gasteiger partial charge on any atom is 0.149 e. The second-order valence-corrected chi connectivity index (χ2v) is 7.29. The van der Waals surface area contributed by atoms with Gasteiger partial charge in [-0.05, 0) is 48.0 Å². The molecule has 4 aromatic rings. The highest BCUT2D eigenvalue weighted by Gasteiger charge is 2.07. The lowest BCUT2D eigenvalue weighted by molar-refractivity contribution is 0.306. The van der Waals surface area contributed by atoms with Crippen molar-refractivity contribution in [2.75, 3.05) is 5.32 Å². The van der Waals surface area contributed by atoms with E-state index in [1.54, 1.807) is 54.7 Å². The highest BCUT2D eigenvalue weighted by molar-refractivity contribution is 6.32. The van der Waals surface area contributed by atoms with Crippen LogP contribution in [-0.4, -0.2) is 9.97 Å². The summed E-state index contributed by atoms with van der Waals surface area (Å²) in [7, 11) is 0. The summed E-state index contributed by atoms with van der Waals surface area (Å²) in [6.07, 6.45) is 3.00. The molecule has 0 aliphatic carbocycles. The van der Waals surface area contributed by atoms with Crippen molar-refractivity contribution >= 4 is 23.1 Å². The molecular formula is C26H16ClFN4O. The minimum absolute atomic E-state index is 0.195. The van der Waals surface area contributed by atoms with Crippen LogP contribution in [0, 0.1) is 29.0 Å². The molecule has 0 aliphatic rings. The first-order chi connectivity index (χ1) is 16.1. The van der Waals surface area contributed by atoms with Gasteiger partial charge in [-0.2, -0.15) is 5.26 Å². The van der Waals surface area contributed by atoms with Gasteiger partial charge in [0, 0.05) is 17.4 Å². The number of benzene rings is 3. The summed E-state index contributed by atoms with van der Waals surface area (Å²) in [5, 5.41) is 12.8. The molecule has 0 aliphatic heterocycles. The number of hydrogen-bond acceptors (Lipinski definition) is 5. The van der Waals surface area contributed by atoms with Crippen LogP contribution in [0.2, 0.25) is 5.02 Å². The Morgan fingerprint density at radius 3 is 2.58 bits per heavy atom. The first kappa shape index (κ1) is 21.8. The highest BCUT2D eigenvalue weighted by atomic mass is 35.5. The molecule has 0 spiro atoms. The van der Waals surface area contributed by atoms with Crippen molar-refractivity contribution in [1.29, 1.82) is 5.26 Å². The van der Waals surface area contributed by atoms with Crippen molar-refractivity contribution in [3.8, 4) is 23.7 Å². The van der Waals surface area contributed by atoms with Crippen molar-refractivity contribution in [1.82, 2.24) is 9.97 Å². The Morgan fingerprint density at radius 1 is 0.970 bits per heavy atom. The molecular weight excluding hydrogens is 439 g/mol. The van der Waals surface area contributed by atoms with Gasteiger partial charge in [0.1, 0.15) is 36.4 Å². The van der Waals surface area contributed by atoms with Crippen LogP contribution in [0.5, 0.6) is 5.75 Å². The molecule has 1 aromatic heterocycles. The lowest BCUT2D eigenvalue weighted by atomic mass is 10.1. The third kappa shape index (κ3) is 5.65. The summed E-state index contributed by atoms with van der Waals surface area (Å²) in [5.74, 6) is 6.67. The first-order valence-electron chi connectivity index (χ1n) is 9.87. The maximum atomic E-state index is 13.3. The fraction of sp³-hybridized carbons (Fsp3) is 0.0385. The van der Waals surface area contributed by atoms with Crippen molar-refractivity contribution in [2.24, 2.45) is 0 Å². The standard InChI is InChI=1S/C26H16ClFN4O/c27-24-13-23(10-11-25(24)33-16-18-4-3-7-22(28)12-18)32-26-21(15-30-17-31-26)9-8-19-5-1-2-6-20(19)14-29/h1-7,10-13,15,17H,16H2,(H,30,31,32). The van der Waals surface area contributed by atoms with Crippen molar-refractivity contribution in [3.63, 3.8) is 0 Å². The molecule has 4 rings (SSSR count). The van der Waals surface area contributed by atoms with Gasteiger partial charge in [0.25, 0.3) is 0 Å². The average molecular weight is 455 g/mol. The van der Waals surface area contributed by atoms with E-state index in [4.69, 9.17) is 16.3 Å². The molecule has 3 aromatic carbocycles. The Hall–Kier alpha value is -4.39. The molecule has 0 saturated carbocycles. The summed E-state index contributed by atoms with van der Waals surface area (Å²) in [4.78, 5) is 8.31. The topological polar surface area (TPSA) is 70.8 Å². The normalized spacial score (nSPS) is 9.97. The number of rotatable bonds is 5. The van der Waals surface area contributed by atoms with Crippen LogP contribution in [0.4, 0.5) is 15.9 Å². The molecule has 1 N–H and O–H groups in total. The lowest BCUT2D eigenvalue weighted by Gasteiger charge is -2.11. The Labute approximate surface area is 195 Å². The summed E-state index contributed by atoms with van der Waals surface area (Å²) in [6.45, 7) is 0.195. The van der Waals surface area contributed by atoms with Crippen LogP contribution in [0.15, 0.2) is 79.3 Å². The quantitative estimate of drug-likeness (QED) is 0.382. The molecule has 160 valence electrons. The summed E-state index contributed by atoms with van der Waals surface area (Å²) in [5.41, 5.74) is 3.06. The molecule has 0 fully saturated rings. The number of halogens is 2. The third-order valence-corrected chi connectivity index (χ3v) is 4.86. The molecule has 33 heavy (non-hydrogen) atoms. The summed E-state index contributed by atoms with van der Waals surface area (Å²) in [6, 6.07) is 20.6. The Bertz CT molecular complexity index is 1410. The zero-order chi connectivity index (χ0) is 23.0. The minimum Gasteiger partial charge on any atom is -0.487 e. The number of nitriles is 1. The summed E-state index contributed by atoms with van der Waals surface area (Å²) >= 11 is 6.38. The van der Waals surface area contributed by atoms with Crippen molar-refractivity contribution < 1.29 is 9.13 Å². The van der Waals surface area contributed by atoms with Gasteiger partial charge in [0.2, 0.25) is 0 Å². The SMILES string of the molecule is N#Cc1ccccc1C#Cc1cncnc1Nc1ccc(OCc2cccc(F)c2)c(Cl)c1. The zero-order valence-corrected chi connectivity index (χ0v) is 18.0. The van der Waals surface area contributed by atoms with Crippen LogP contribution in [0.3, 0.4) is 0 Å². The van der Waals surface area contributed by atoms with Crippen LogP contribution >= 0.6 is 11.6 Å². The first-order valence-corrected chi connectivity index (χ1v) is 10.2. The monoisotopic (exact) mass is 454 g/mol. The van der Waals surface area contributed by atoms with Crippen LogP contribution in [0.1, 0.15) is 22.3 Å². The van der Waals surface area contributed by atoms with Gasteiger partial charge in [-0.3, -0.25) is 0 Å². The summed E-state index contributed by atoms with van der Waals surface area (Å²) < 4.78 is 19.0. The maximum absolute atomic E-state index is 13.3. The molecule has 0 radical (unpaired) electrons. The van der Waals surface area contributed by atoms with Gasteiger partial charge in [0.05, 0.1) is 16.1 Å². The van der Waals surface area contributed by atoms with E-state index in [2.05, 4.69) is 33.2 Å². The largest absolute Gasteiger partial charge is 0.487 e. The Kier molecular flexibility index (Phi) is 6.80. The van der Waals surface area contributed by atoms with E-state index < -0.39 is 0 Å². The minimum atomic E-state index is -0.318. The molecule has 5 nitrogen and oxygen atoms in total. The number of nitrogens with one attached hydrogen (secondary N) is 1. The molecule has 1 heterocycles. The van der Waals surface area contributed by atoms with E-state index >= 15 is 0 Å². The van der Waals surface area contributed by atoms with E-state index in [0.29, 0.717) is 44.5 Å². The smallest absolute Gasteiger partial charge is 0.149 e. The average Bonchev–Trinajstić information content (AvgIpc) is 2.83. The number of aromatic nitrogens is 2. The van der Waals surface area contributed by atoms with Crippen LogP contribution in [0.25, 0.3) is 0 Å². The van der Waals surface area contributed by atoms with Gasteiger partial charge in [-0.25, -0.2) is 14.4 Å². The van der Waals surface area contributed by atoms with Crippen molar-refractivity contribution in [2.45, 2.75) is 6.61 Å². The second kappa shape index (κ2) is 10.3. The van der Waals surface area contributed by atoms with Crippen LogP contribution in [-0.2, 0) is 6.61 Å². The second-order valence-electron chi connectivity index (χ2n) is 6.88. The van der Waals surface area contributed by atoms with E-state index in [9.17, 15) is 9.65 Å². The van der Waals surface area contributed by atoms with Gasteiger partial charge >= 0.3 is 0 Å². The number of anilines is 2.